The fourth-order valence-corrected chi connectivity index (χ4v) is 1.92. The van der Waals surface area contributed by atoms with E-state index in [4.69, 9.17) is 11.6 Å². The summed E-state index contributed by atoms with van der Waals surface area (Å²) < 4.78 is 0.697. The highest BCUT2D eigenvalue weighted by Crippen LogP contribution is 2.19. The second kappa shape index (κ2) is 5.46. The van der Waals surface area contributed by atoms with E-state index in [2.05, 4.69) is 31.2 Å². The fourth-order valence-electron chi connectivity index (χ4n) is 1.40. The van der Waals surface area contributed by atoms with Crippen molar-refractivity contribution in [1.29, 1.82) is 0 Å². The Labute approximate surface area is 118 Å². The number of carbonyl (C=O) groups is 1. The van der Waals surface area contributed by atoms with Gasteiger partial charge >= 0.3 is 0 Å². The summed E-state index contributed by atoms with van der Waals surface area (Å²) in [4.78, 5) is 20.0. The minimum absolute atomic E-state index is 0.168. The number of carbonyl (C=O) groups excluding carboxylic acids is 1. The van der Waals surface area contributed by atoms with Crippen LogP contribution in [0.2, 0.25) is 5.15 Å². The number of pyridine rings is 2. The third kappa shape index (κ3) is 3.05. The molecule has 0 atom stereocenters. The van der Waals surface area contributed by atoms with Gasteiger partial charge < -0.3 is 5.32 Å². The van der Waals surface area contributed by atoms with Crippen LogP contribution in [-0.2, 0) is 0 Å². The van der Waals surface area contributed by atoms with E-state index in [1.807, 2.05) is 6.92 Å². The number of hydrogen-bond acceptors (Lipinski definition) is 3. The molecule has 2 heterocycles. The maximum Gasteiger partial charge on any atom is 0.258 e. The van der Waals surface area contributed by atoms with Crippen LogP contribution in [0.1, 0.15) is 16.1 Å². The molecule has 0 aliphatic carbocycles. The van der Waals surface area contributed by atoms with Crippen molar-refractivity contribution in [3.05, 3.63) is 51.5 Å². The van der Waals surface area contributed by atoms with Gasteiger partial charge in [-0.05, 0) is 41.1 Å². The van der Waals surface area contributed by atoms with Gasteiger partial charge in [-0.25, -0.2) is 4.98 Å². The predicted octanol–water partition coefficient (Wildman–Crippen LogP) is 3.45. The molecule has 18 heavy (non-hydrogen) atoms. The minimum Gasteiger partial charge on any atom is -0.322 e. The summed E-state index contributed by atoms with van der Waals surface area (Å²) in [6.07, 6.45) is 3.17. The fraction of sp³-hybridized carbons (Fsp3) is 0.0833. The Morgan fingerprint density at radius 1 is 1.39 bits per heavy atom. The van der Waals surface area contributed by atoms with Gasteiger partial charge in [-0.2, -0.15) is 0 Å². The number of rotatable bonds is 2. The molecule has 2 aromatic rings. The number of anilines is 1. The van der Waals surface area contributed by atoms with Crippen LogP contribution in [0.5, 0.6) is 0 Å². The minimum atomic E-state index is -0.306. The van der Waals surface area contributed by atoms with Crippen LogP contribution in [0, 0.1) is 6.92 Å². The first kappa shape index (κ1) is 13.0. The molecule has 0 aliphatic rings. The number of halogens is 2. The summed E-state index contributed by atoms with van der Waals surface area (Å²) in [5.41, 5.74) is 1.82. The second-order valence-electron chi connectivity index (χ2n) is 3.63. The van der Waals surface area contributed by atoms with E-state index >= 15 is 0 Å². The molecule has 0 aromatic carbocycles. The molecule has 6 heteroatoms. The highest BCUT2D eigenvalue weighted by Gasteiger charge is 2.12. The lowest BCUT2D eigenvalue weighted by molar-refractivity contribution is 0.102. The summed E-state index contributed by atoms with van der Waals surface area (Å²) in [6, 6.07) is 5.11. The maximum absolute atomic E-state index is 12.0. The zero-order chi connectivity index (χ0) is 13.1. The number of amides is 1. The molecule has 0 saturated carbocycles. The van der Waals surface area contributed by atoms with Crippen LogP contribution in [0.15, 0.2) is 35.1 Å². The molecule has 0 bridgehead atoms. The molecular weight excluding hydrogens is 318 g/mol. The molecule has 0 saturated heterocycles. The molecule has 2 rings (SSSR count). The number of hydrogen-bond donors (Lipinski definition) is 1. The first-order chi connectivity index (χ1) is 8.56. The SMILES string of the molecule is Cc1cc(NC(=O)c2cc(Br)cnc2Cl)ccn1. The van der Waals surface area contributed by atoms with Gasteiger partial charge in [0.1, 0.15) is 5.15 Å². The molecule has 2 aromatic heterocycles. The topological polar surface area (TPSA) is 54.9 Å². The van der Waals surface area contributed by atoms with Crippen LogP contribution >= 0.6 is 27.5 Å². The Morgan fingerprint density at radius 3 is 2.89 bits per heavy atom. The van der Waals surface area contributed by atoms with Crippen LogP contribution in [-0.4, -0.2) is 15.9 Å². The number of aromatic nitrogens is 2. The van der Waals surface area contributed by atoms with E-state index in [-0.39, 0.29) is 11.1 Å². The third-order valence-electron chi connectivity index (χ3n) is 2.20. The first-order valence-corrected chi connectivity index (χ1v) is 6.28. The number of aryl methyl sites for hydroxylation is 1. The predicted molar refractivity (Wildman–Crippen MR) is 73.9 cm³/mol. The average Bonchev–Trinajstić information content (AvgIpc) is 2.32. The maximum atomic E-state index is 12.0. The Morgan fingerprint density at radius 2 is 2.17 bits per heavy atom. The van der Waals surface area contributed by atoms with Crippen molar-refractivity contribution >= 4 is 39.1 Å². The molecule has 92 valence electrons. The molecule has 0 unspecified atom stereocenters. The summed E-state index contributed by atoms with van der Waals surface area (Å²) in [5.74, 6) is -0.306. The Bertz CT molecular complexity index is 604. The summed E-state index contributed by atoms with van der Waals surface area (Å²) in [7, 11) is 0. The molecular formula is C12H9BrClN3O. The van der Waals surface area contributed by atoms with E-state index in [9.17, 15) is 4.79 Å². The lowest BCUT2D eigenvalue weighted by Gasteiger charge is -2.07. The monoisotopic (exact) mass is 325 g/mol. The summed E-state index contributed by atoms with van der Waals surface area (Å²) in [5, 5.41) is 2.91. The average molecular weight is 327 g/mol. The van der Waals surface area contributed by atoms with Gasteiger partial charge in [0.05, 0.1) is 5.56 Å². The standard InChI is InChI=1S/C12H9BrClN3O/c1-7-4-9(2-3-15-7)17-12(18)10-5-8(13)6-16-11(10)14/h2-6H,1H3,(H,15,17,18). The van der Waals surface area contributed by atoms with Crippen LogP contribution < -0.4 is 5.32 Å². The van der Waals surface area contributed by atoms with Gasteiger partial charge in [0, 0.05) is 28.2 Å². The van der Waals surface area contributed by atoms with Crippen molar-refractivity contribution in [2.75, 3.05) is 5.32 Å². The molecule has 1 N–H and O–H groups in total. The van der Waals surface area contributed by atoms with Crippen molar-refractivity contribution in [2.24, 2.45) is 0 Å². The number of nitrogens with one attached hydrogen (secondary N) is 1. The van der Waals surface area contributed by atoms with Crippen LogP contribution in [0.4, 0.5) is 5.69 Å². The van der Waals surface area contributed by atoms with Crippen molar-refractivity contribution in [1.82, 2.24) is 9.97 Å². The van der Waals surface area contributed by atoms with Crippen molar-refractivity contribution in [3.8, 4) is 0 Å². The van der Waals surface area contributed by atoms with Gasteiger partial charge in [0.2, 0.25) is 0 Å². The Kier molecular flexibility index (Phi) is 3.93. The quantitative estimate of drug-likeness (QED) is 0.860. The first-order valence-electron chi connectivity index (χ1n) is 5.11. The normalized spacial score (nSPS) is 10.2. The zero-order valence-corrected chi connectivity index (χ0v) is 11.8. The van der Waals surface area contributed by atoms with Gasteiger partial charge in [-0.15, -0.1) is 0 Å². The molecule has 0 fully saturated rings. The lowest BCUT2D eigenvalue weighted by atomic mass is 10.2. The summed E-state index contributed by atoms with van der Waals surface area (Å²) >= 11 is 9.13. The van der Waals surface area contributed by atoms with Gasteiger partial charge in [0.15, 0.2) is 0 Å². The third-order valence-corrected chi connectivity index (χ3v) is 2.94. The Hall–Kier alpha value is -1.46. The van der Waals surface area contributed by atoms with Gasteiger partial charge in [0.25, 0.3) is 5.91 Å². The van der Waals surface area contributed by atoms with E-state index in [1.165, 1.54) is 6.20 Å². The largest absolute Gasteiger partial charge is 0.322 e. The van der Waals surface area contributed by atoms with Crippen molar-refractivity contribution in [2.45, 2.75) is 6.92 Å². The lowest BCUT2D eigenvalue weighted by Crippen LogP contribution is -2.13. The molecule has 0 radical (unpaired) electrons. The van der Waals surface area contributed by atoms with Crippen molar-refractivity contribution < 1.29 is 4.79 Å². The highest BCUT2D eigenvalue weighted by atomic mass is 79.9. The zero-order valence-electron chi connectivity index (χ0n) is 9.45. The number of nitrogens with zero attached hydrogens (tertiary/aromatic N) is 2. The van der Waals surface area contributed by atoms with Crippen LogP contribution in [0.25, 0.3) is 0 Å². The van der Waals surface area contributed by atoms with Gasteiger partial charge in [-0.3, -0.25) is 9.78 Å². The molecule has 1 amide bonds. The van der Waals surface area contributed by atoms with E-state index in [0.717, 1.165) is 5.69 Å². The Balaban J connectivity index is 2.24. The summed E-state index contributed by atoms with van der Waals surface area (Å²) in [6.45, 7) is 1.85. The highest BCUT2D eigenvalue weighted by molar-refractivity contribution is 9.10. The van der Waals surface area contributed by atoms with Gasteiger partial charge in [-0.1, -0.05) is 11.6 Å². The van der Waals surface area contributed by atoms with E-state index in [0.29, 0.717) is 15.7 Å². The smallest absolute Gasteiger partial charge is 0.258 e. The van der Waals surface area contributed by atoms with Crippen molar-refractivity contribution in [3.63, 3.8) is 0 Å². The van der Waals surface area contributed by atoms with Crippen LogP contribution in [0.3, 0.4) is 0 Å². The molecule has 4 nitrogen and oxygen atoms in total. The van der Waals surface area contributed by atoms with E-state index < -0.39 is 0 Å². The second-order valence-corrected chi connectivity index (χ2v) is 4.91. The molecule has 0 spiro atoms. The molecule has 0 aliphatic heterocycles. The van der Waals surface area contributed by atoms with E-state index in [1.54, 1.807) is 24.4 Å².